The van der Waals surface area contributed by atoms with Gasteiger partial charge in [0.25, 0.3) is 0 Å². The SMILES string of the molecule is CCC(CNC(=O)OC(C)(C)C)NCc1cccc(O)c1. The monoisotopic (exact) mass is 294 g/mol. The van der Waals surface area contributed by atoms with Crippen molar-refractivity contribution in [3.05, 3.63) is 29.8 Å². The van der Waals surface area contributed by atoms with Crippen molar-refractivity contribution in [2.45, 2.75) is 52.3 Å². The fraction of sp³-hybridized carbons (Fsp3) is 0.562. The molecular formula is C16H26N2O3. The average Bonchev–Trinajstić information content (AvgIpc) is 2.37. The lowest BCUT2D eigenvalue weighted by Crippen LogP contribution is -2.42. The van der Waals surface area contributed by atoms with Crippen LogP contribution in [0.5, 0.6) is 5.75 Å². The highest BCUT2D eigenvalue weighted by atomic mass is 16.6. The molecule has 0 heterocycles. The highest BCUT2D eigenvalue weighted by molar-refractivity contribution is 5.67. The van der Waals surface area contributed by atoms with Crippen LogP contribution in [0, 0.1) is 0 Å². The molecule has 0 aromatic heterocycles. The molecule has 5 heteroatoms. The lowest BCUT2D eigenvalue weighted by Gasteiger charge is -2.22. The summed E-state index contributed by atoms with van der Waals surface area (Å²) in [5.41, 5.74) is 0.520. The zero-order valence-electron chi connectivity index (χ0n) is 13.3. The number of nitrogens with one attached hydrogen (secondary N) is 2. The Morgan fingerprint density at radius 3 is 2.67 bits per heavy atom. The lowest BCUT2D eigenvalue weighted by atomic mass is 10.1. The third kappa shape index (κ3) is 7.56. The smallest absolute Gasteiger partial charge is 0.407 e. The van der Waals surface area contributed by atoms with Gasteiger partial charge in [-0.2, -0.15) is 0 Å². The van der Waals surface area contributed by atoms with E-state index in [1.165, 1.54) is 0 Å². The van der Waals surface area contributed by atoms with Gasteiger partial charge in [0.15, 0.2) is 0 Å². The van der Waals surface area contributed by atoms with Crippen molar-refractivity contribution in [1.82, 2.24) is 10.6 Å². The summed E-state index contributed by atoms with van der Waals surface area (Å²) in [6.45, 7) is 8.71. The van der Waals surface area contributed by atoms with Crippen LogP contribution in [0.2, 0.25) is 0 Å². The van der Waals surface area contributed by atoms with E-state index in [2.05, 4.69) is 17.6 Å². The van der Waals surface area contributed by atoms with Gasteiger partial charge in [-0.05, 0) is 44.9 Å². The number of phenolic OH excluding ortho intramolecular Hbond substituents is 1. The van der Waals surface area contributed by atoms with Crippen molar-refractivity contribution in [3.63, 3.8) is 0 Å². The first-order valence-electron chi connectivity index (χ1n) is 7.28. The van der Waals surface area contributed by atoms with Gasteiger partial charge < -0.3 is 20.5 Å². The topological polar surface area (TPSA) is 70.6 Å². The fourth-order valence-corrected chi connectivity index (χ4v) is 1.81. The maximum absolute atomic E-state index is 11.6. The minimum absolute atomic E-state index is 0.153. The Bertz CT molecular complexity index is 455. The highest BCUT2D eigenvalue weighted by Crippen LogP contribution is 2.11. The van der Waals surface area contributed by atoms with Crippen LogP contribution in [-0.2, 0) is 11.3 Å². The van der Waals surface area contributed by atoms with Gasteiger partial charge in [-0.3, -0.25) is 0 Å². The second-order valence-electron chi connectivity index (χ2n) is 6.04. The number of rotatable bonds is 6. The molecular weight excluding hydrogens is 268 g/mol. The largest absolute Gasteiger partial charge is 0.508 e. The first-order chi connectivity index (χ1) is 9.80. The molecule has 1 atom stereocenters. The minimum Gasteiger partial charge on any atom is -0.508 e. The summed E-state index contributed by atoms with van der Waals surface area (Å²) in [5.74, 6) is 0.259. The third-order valence-electron chi connectivity index (χ3n) is 2.89. The van der Waals surface area contributed by atoms with Gasteiger partial charge in [0.05, 0.1) is 0 Å². The molecule has 0 aliphatic heterocycles. The van der Waals surface area contributed by atoms with Crippen molar-refractivity contribution < 1.29 is 14.6 Å². The van der Waals surface area contributed by atoms with E-state index < -0.39 is 11.7 Å². The summed E-state index contributed by atoms with van der Waals surface area (Å²) >= 11 is 0. The lowest BCUT2D eigenvalue weighted by molar-refractivity contribution is 0.0522. The van der Waals surface area contributed by atoms with Gasteiger partial charge in [0.1, 0.15) is 11.4 Å². The van der Waals surface area contributed by atoms with Crippen molar-refractivity contribution >= 4 is 6.09 Å². The zero-order valence-corrected chi connectivity index (χ0v) is 13.3. The molecule has 0 saturated heterocycles. The summed E-state index contributed by atoms with van der Waals surface area (Å²) in [6, 6.07) is 7.28. The second-order valence-corrected chi connectivity index (χ2v) is 6.04. The molecule has 3 N–H and O–H groups in total. The van der Waals surface area contributed by atoms with E-state index in [1.807, 2.05) is 32.9 Å². The predicted molar refractivity (Wildman–Crippen MR) is 83.3 cm³/mol. The van der Waals surface area contributed by atoms with Crippen LogP contribution in [0.15, 0.2) is 24.3 Å². The molecule has 0 fully saturated rings. The number of alkyl carbamates (subject to hydrolysis) is 1. The van der Waals surface area contributed by atoms with Crippen molar-refractivity contribution in [1.29, 1.82) is 0 Å². The minimum atomic E-state index is -0.485. The Hall–Kier alpha value is -1.75. The van der Waals surface area contributed by atoms with Gasteiger partial charge in [-0.25, -0.2) is 4.79 Å². The standard InChI is InChI=1S/C16H26N2O3/c1-5-13(11-18-15(20)21-16(2,3)4)17-10-12-7-6-8-14(19)9-12/h6-9,13,17,19H,5,10-11H2,1-4H3,(H,18,20). The molecule has 0 aliphatic carbocycles. The number of aromatic hydroxyl groups is 1. The van der Waals surface area contributed by atoms with E-state index in [9.17, 15) is 9.90 Å². The third-order valence-corrected chi connectivity index (χ3v) is 2.89. The highest BCUT2D eigenvalue weighted by Gasteiger charge is 2.16. The summed E-state index contributed by atoms with van der Waals surface area (Å²) in [5, 5.41) is 15.5. The number of ether oxygens (including phenoxy) is 1. The maximum atomic E-state index is 11.6. The molecule has 0 spiro atoms. The Kier molecular flexibility index (Phi) is 6.49. The second kappa shape index (κ2) is 7.88. The van der Waals surface area contributed by atoms with Crippen molar-refractivity contribution in [2.75, 3.05) is 6.54 Å². The Morgan fingerprint density at radius 1 is 1.38 bits per heavy atom. The van der Waals surface area contributed by atoms with Crippen LogP contribution in [0.25, 0.3) is 0 Å². The predicted octanol–water partition coefficient (Wildman–Crippen LogP) is 2.79. The van der Waals surface area contributed by atoms with Crippen LogP contribution >= 0.6 is 0 Å². The fourth-order valence-electron chi connectivity index (χ4n) is 1.81. The van der Waals surface area contributed by atoms with Gasteiger partial charge in [-0.1, -0.05) is 19.1 Å². The van der Waals surface area contributed by atoms with Crippen LogP contribution < -0.4 is 10.6 Å². The number of hydrogen-bond acceptors (Lipinski definition) is 4. The number of carbonyl (C=O) groups excluding carboxylic acids is 1. The molecule has 0 aliphatic rings. The molecule has 0 bridgehead atoms. The van der Waals surface area contributed by atoms with Crippen molar-refractivity contribution in [3.8, 4) is 5.75 Å². The van der Waals surface area contributed by atoms with Crippen LogP contribution in [0.4, 0.5) is 4.79 Å². The van der Waals surface area contributed by atoms with E-state index in [0.717, 1.165) is 12.0 Å². The molecule has 1 rings (SSSR count). The van der Waals surface area contributed by atoms with E-state index >= 15 is 0 Å². The Balaban J connectivity index is 2.36. The quantitative estimate of drug-likeness (QED) is 0.754. The molecule has 5 nitrogen and oxygen atoms in total. The van der Waals surface area contributed by atoms with Crippen LogP contribution in [-0.4, -0.2) is 29.4 Å². The summed E-state index contributed by atoms with van der Waals surface area (Å²) in [6.07, 6.45) is 0.481. The molecule has 1 unspecified atom stereocenters. The first kappa shape index (κ1) is 17.3. The van der Waals surface area contributed by atoms with E-state index in [4.69, 9.17) is 4.74 Å². The summed E-state index contributed by atoms with van der Waals surface area (Å²) in [7, 11) is 0. The number of carbonyl (C=O) groups is 1. The molecule has 0 radical (unpaired) electrons. The van der Waals surface area contributed by atoms with E-state index in [-0.39, 0.29) is 11.8 Å². The van der Waals surface area contributed by atoms with E-state index in [0.29, 0.717) is 13.1 Å². The number of hydrogen-bond donors (Lipinski definition) is 3. The maximum Gasteiger partial charge on any atom is 0.407 e. The Morgan fingerprint density at radius 2 is 2.10 bits per heavy atom. The number of benzene rings is 1. The van der Waals surface area contributed by atoms with Crippen molar-refractivity contribution in [2.24, 2.45) is 0 Å². The summed E-state index contributed by atoms with van der Waals surface area (Å²) in [4.78, 5) is 11.6. The molecule has 0 saturated carbocycles. The van der Waals surface area contributed by atoms with Gasteiger partial charge >= 0.3 is 6.09 Å². The molecule has 1 aromatic rings. The summed E-state index contributed by atoms with van der Waals surface area (Å²) < 4.78 is 5.20. The number of amides is 1. The Labute approximate surface area is 126 Å². The molecule has 1 aromatic carbocycles. The molecule has 1 amide bonds. The number of phenols is 1. The molecule has 21 heavy (non-hydrogen) atoms. The van der Waals surface area contributed by atoms with Crippen LogP contribution in [0.3, 0.4) is 0 Å². The normalized spacial score (nSPS) is 12.8. The van der Waals surface area contributed by atoms with Gasteiger partial charge in [-0.15, -0.1) is 0 Å². The van der Waals surface area contributed by atoms with Crippen LogP contribution in [0.1, 0.15) is 39.7 Å². The first-order valence-corrected chi connectivity index (χ1v) is 7.28. The van der Waals surface area contributed by atoms with Gasteiger partial charge in [0.2, 0.25) is 0 Å². The van der Waals surface area contributed by atoms with Gasteiger partial charge in [0, 0.05) is 19.1 Å². The molecule has 118 valence electrons. The average molecular weight is 294 g/mol. The van der Waals surface area contributed by atoms with E-state index in [1.54, 1.807) is 12.1 Å². The zero-order chi connectivity index (χ0) is 15.9.